The van der Waals surface area contributed by atoms with Gasteiger partial charge in [0.1, 0.15) is 0 Å². The number of para-hydroxylation sites is 1. The molecular weight excluding hydrogens is 336 g/mol. The van der Waals surface area contributed by atoms with Crippen LogP contribution in [0.25, 0.3) is 10.2 Å². The Morgan fingerprint density at radius 1 is 1.12 bits per heavy atom. The molecule has 1 amide bonds. The molecule has 0 bridgehead atoms. The number of carbonyl (C=O) groups is 2. The Balaban J connectivity index is 1.46. The Kier molecular flexibility index (Phi) is 5.40. The van der Waals surface area contributed by atoms with Gasteiger partial charge in [-0.05, 0) is 29.8 Å². The molecule has 6 heteroatoms. The molecule has 0 saturated carbocycles. The summed E-state index contributed by atoms with van der Waals surface area (Å²) in [5, 5.41) is 3.65. The van der Waals surface area contributed by atoms with E-state index in [1.54, 1.807) is 35.6 Å². The first-order valence-electron chi connectivity index (χ1n) is 7.97. The molecule has 0 atom stereocenters. The molecule has 3 aromatic rings. The van der Waals surface area contributed by atoms with Crippen LogP contribution in [0.4, 0.5) is 5.69 Å². The molecule has 0 aliphatic carbocycles. The van der Waals surface area contributed by atoms with Crippen molar-refractivity contribution >= 4 is 39.1 Å². The number of aromatic nitrogens is 1. The monoisotopic (exact) mass is 354 g/mol. The van der Waals surface area contributed by atoms with Crippen molar-refractivity contribution in [1.29, 1.82) is 0 Å². The molecule has 0 aliphatic rings. The molecule has 0 spiro atoms. The second-order valence-corrected chi connectivity index (χ2v) is 6.72. The molecule has 0 unspecified atom stereocenters. The summed E-state index contributed by atoms with van der Waals surface area (Å²) in [6.45, 7) is 1.78. The van der Waals surface area contributed by atoms with Gasteiger partial charge >= 0.3 is 5.97 Å². The molecule has 25 heavy (non-hydrogen) atoms. The zero-order chi connectivity index (χ0) is 17.6. The highest BCUT2D eigenvalue weighted by Gasteiger charge is 2.07. The smallest absolute Gasteiger partial charge is 0.310 e. The van der Waals surface area contributed by atoms with Crippen LogP contribution in [0, 0.1) is 0 Å². The van der Waals surface area contributed by atoms with Crippen molar-refractivity contribution in [3.05, 3.63) is 59.1 Å². The molecule has 5 nitrogen and oxygen atoms in total. The van der Waals surface area contributed by atoms with Crippen molar-refractivity contribution in [2.75, 3.05) is 11.9 Å². The van der Waals surface area contributed by atoms with Gasteiger partial charge in [-0.3, -0.25) is 9.59 Å². The maximum absolute atomic E-state index is 11.9. The third kappa shape index (κ3) is 4.87. The van der Waals surface area contributed by atoms with Gasteiger partial charge in [0.05, 0.1) is 28.3 Å². The summed E-state index contributed by atoms with van der Waals surface area (Å²) in [7, 11) is 0. The highest BCUT2D eigenvalue weighted by Crippen LogP contribution is 2.21. The standard InChI is InChI=1S/C19H18N2O3S/c1-13(22)20-15-8-6-14(7-9-15)12-19(23)24-11-10-18-21-16-4-2-3-5-17(16)25-18/h2-9H,10-12H2,1H3,(H,20,22). The van der Waals surface area contributed by atoms with E-state index in [-0.39, 0.29) is 18.3 Å². The Morgan fingerprint density at radius 3 is 2.60 bits per heavy atom. The summed E-state index contributed by atoms with van der Waals surface area (Å²) in [4.78, 5) is 27.4. The first-order valence-corrected chi connectivity index (χ1v) is 8.78. The number of ether oxygens (including phenoxy) is 1. The van der Waals surface area contributed by atoms with Crippen molar-refractivity contribution in [2.45, 2.75) is 19.8 Å². The molecule has 0 saturated heterocycles. The number of thiazole rings is 1. The SMILES string of the molecule is CC(=O)Nc1ccc(CC(=O)OCCc2nc3ccccc3s2)cc1. The average Bonchev–Trinajstić information content (AvgIpc) is 2.99. The minimum atomic E-state index is -0.270. The molecular formula is C19H18N2O3S. The lowest BCUT2D eigenvalue weighted by Gasteiger charge is -2.05. The van der Waals surface area contributed by atoms with Crippen molar-refractivity contribution in [3.63, 3.8) is 0 Å². The van der Waals surface area contributed by atoms with Gasteiger partial charge in [-0.15, -0.1) is 11.3 Å². The van der Waals surface area contributed by atoms with E-state index in [0.717, 1.165) is 20.8 Å². The van der Waals surface area contributed by atoms with Gasteiger partial charge < -0.3 is 10.1 Å². The third-order valence-electron chi connectivity index (χ3n) is 3.54. The third-order valence-corrected chi connectivity index (χ3v) is 4.64. The van der Waals surface area contributed by atoms with Crippen LogP contribution >= 0.6 is 11.3 Å². The number of amides is 1. The molecule has 2 aromatic carbocycles. The molecule has 0 fully saturated rings. The number of nitrogens with one attached hydrogen (secondary N) is 1. The first kappa shape index (κ1) is 17.1. The predicted octanol–water partition coefficient (Wildman–Crippen LogP) is 3.58. The Hall–Kier alpha value is -2.73. The van der Waals surface area contributed by atoms with Crippen molar-refractivity contribution in [1.82, 2.24) is 4.98 Å². The van der Waals surface area contributed by atoms with E-state index in [9.17, 15) is 9.59 Å². The summed E-state index contributed by atoms with van der Waals surface area (Å²) >= 11 is 1.62. The second-order valence-electron chi connectivity index (χ2n) is 5.60. The summed E-state index contributed by atoms with van der Waals surface area (Å²) in [6.07, 6.45) is 0.826. The van der Waals surface area contributed by atoms with E-state index in [1.165, 1.54) is 6.92 Å². The van der Waals surface area contributed by atoms with Crippen LogP contribution in [0.2, 0.25) is 0 Å². The van der Waals surface area contributed by atoms with Crippen LogP contribution in [-0.2, 0) is 27.2 Å². The maximum Gasteiger partial charge on any atom is 0.310 e. The molecule has 3 rings (SSSR count). The Labute approximate surface area is 149 Å². The first-order chi connectivity index (χ1) is 12.1. The second kappa shape index (κ2) is 7.90. The fourth-order valence-electron chi connectivity index (χ4n) is 2.41. The number of anilines is 1. The normalized spacial score (nSPS) is 10.6. The van der Waals surface area contributed by atoms with E-state index in [4.69, 9.17) is 4.74 Å². The summed E-state index contributed by atoms with van der Waals surface area (Å²) < 4.78 is 6.44. The number of nitrogens with zero attached hydrogens (tertiary/aromatic N) is 1. The van der Waals surface area contributed by atoms with E-state index >= 15 is 0 Å². The number of hydrogen-bond acceptors (Lipinski definition) is 5. The van der Waals surface area contributed by atoms with E-state index < -0.39 is 0 Å². The van der Waals surface area contributed by atoms with Gasteiger partial charge in [0, 0.05) is 19.0 Å². The number of fused-ring (bicyclic) bond motifs is 1. The van der Waals surface area contributed by atoms with Crippen LogP contribution < -0.4 is 5.32 Å². The topological polar surface area (TPSA) is 68.3 Å². The lowest BCUT2D eigenvalue weighted by Crippen LogP contribution is -2.10. The van der Waals surface area contributed by atoms with E-state index in [0.29, 0.717) is 18.7 Å². The summed E-state index contributed by atoms with van der Waals surface area (Å²) in [6, 6.07) is 15.1. The Morgan fingerprint density at radius 2 is 1.88 bits per heavy atom. The van der Waals surface area contributed by atoms with Gasteiger partial charge in [-0.2, -0.15) is 0 Å². The quantitative estimate of drug-likeness (QED) is 0.687. The number of esters is 1. The molecule has 128 valence electrons. The molecule has 1 heterocycles. The number of carbonyl (C=O) groups excluding carboxylic acids is 2. The van der Waals surface area contributed by atoms with E-state index in [2.05, 4.69) is 10.3 Å². The minimum absolute atomic E-state index is 0.123. The minimum Gasteiger partial charge on any atom is -0.465 e. The zero-order valence-corrected chi connectivity index (χ0v) is 14.6. The summed E-state index contributed by atoms with van der Waals surface area (Å²) in [5.74, 6) is -0.393. The lowest BCUT2D eigenvalue weighted by molar-refractivity contribution is -0.142. The van der Waals surface area contributed by atoms with Crippen LogP contribution in [0.15, 0.2) is 48.5 Å². The number of rotatable bonds is 6. The fourth-order valence-corrected chi connectivity index (χ4v) is 3.35. The predicted molar refractivity (Wildman–Crippen MR) is 98.7 cm³/mol. The van der Waals surface area contributed by atoms with Crippen molar-refractivity contribution < 1.29 is 14.3 Å². The average molecular weight is 354 g/mol. The highest BCUT2D eigenvalue weighted by atomic mass is 32.1. The number of hydrogen-bond donors (Lipinski definition) is 1. The van der Waals surface area contributed by atoms with Crippen molar-refractivity contribution in [3.8, 4) is 0 Å². The van der Waals surface area contributed by atoms with Crippen LogP contribution in [-0.4, -0.2) is 23.5 Å². The largest absolute Gasteiger partial charge is 0.465 e. The van der Waals surface area contributed by atoms with Crippen LogP contribution in [0.1, 0.15) is 17.5 Å². The lowest BCUT2D eigenvalue weighted by atomic mass is 10.1. The zero-order valence-electron chi connectivity index (χ0n) is 13.8. The van der Waals surface area contributed by atoms with Gasteiger partial charge in [0.15, 0.2) is 0 Å². The van der Waals surface area contributed by atoms with Gasteiger partial charge in [-0.25, -0.2) is 4.98 Å². The summed E-state index contributed by atoms with van der Waals surface area (Å²) in [5.41, 5.74) is 2.53. The van der Waals surface area contributed by atoms with Gasteiger partial charge in [-0.1, -0.05) is 24.3 Å². The van der Waals surface area contributed by atoms with Crippen molar-refractivity contribution in [2.24, 2.45) is 0 Å². The molecule has 1 N–H and O–H groups in total. The molecule has 0 radical (unpaired) electrons. The van der Waals surface area contributed by atoms with Crippen LogP contribution in [0.3, 0.4) is 0 Å². The van der Waals surface area contributed by atoms with Crippen LogP contribution in [0.5, 0.6) is 0 Å². The van der Waals surface area contributed by atoms with E-state index in [1.807, 2.05) is 24.3 Å². The highest BCUT2D eigenvalue weighted by molar-refractivity contribution is 7.18. The Bertz CT molecular complexity index is 854. The molecule has 1 aromatic heterocycles. The number of benzene rings is 2. The van der Waals surface area contributed by atoms with Gasteiger partial charge in [0.2, 0.25) is 5.91 Å². The maximum atomic E-state index is 11.9. The van der Waals surface area contributed by atoms with Gasteiger partial charge in [0.25, 0.3) is 0 Å². The molecule has 0 aliphatic heterocycles. The fraction of sp³-hybridized carbons (Fsp3) is 0.211.